The van der Waals surface area contributed by atoms with E-state index in [1.165, 1.54) is 38.5 Å². The first-order valence-corrected chi connectivity index (χ1v) is 7.62. The summed E-state index contributed by atoms with van der Waals surface area (Å²) in [4.78, 5) is 10.2. The van der Waals surface area contributed by atoms with E-state index in [4.69, 9.17) is 4.11 Å². The van der Waals surface area contributed by atoms with Crippen molar-refractivity contribution in [2.45, 2.75) is 96.7 Å². The van der Waals surface area contributed by atoms with Gasteiger partial charge in [0.25, 0.3) is 0 Å². The van der Waals surface area contributed by atoms with Crippen molar-refractivity contribution in [2.75, 3.05) is 0 Å². The molecule has 3 heteroatoms. The second kappa shape index (κ2) is 18.5. The summed E-state index contributed by atoms with van der Waals surface area (Å²) in [6.07, 6.45) is 13.9. The summed E-state index contributed by atoms with van der Waals surface area (Å²) in [6, 6.07) is 0. The molecule has 0 bridgehead atoms. The van der Waals surface area contributed by atoms with Crippen molar-refractivity contribution in [2.24, 2.45) is 0 Å². The van der Waals surface area contributed by atoms with E-state index in [1.54, 1.807) is 0 Å². The van der Waals surface area contributed by atoms with E-state index in [0.29, 0.717) is 6.42 Å². The number of aliphatic carboxylic acids is 1. The standard InChI is InChI=1S/C16H32O2.Na/c1-2-3-4-5-6-7-8-9-10-11-12-13-14-15-16(17)18;/h2-15H2,1H3,(H,17,18);/q;+1/p-1/i1D3;. The minimum Gasteiger partial charge on any atom is -0.550 e. The molecule has 0 spiro atoms. The van der Waals surface area contributed by atoms with Gasteiger partial charge in [-0.2, -0.15) is 0 Å². The largest absolute Gasteiger partial charge is 1.00 e. The van der Waals surface area contributed by atoms with Gasteiger partial charge >= 0.3 is 29.6 Å². The molecule has 0 rings (SSSR count). The van der Waals surface area contributed by atoms with Crippen LogP contribution < -0.4 is 34.7 Å². The van der Waals surface area contributed by atoms with Crippen molar-refractivity contribution in [3.8, 4) is 0 Å². The molecule has 0 radical (unpaired) electrons. The maximum atomic E-state index is 10.2. The minimum absolute atomic E-state index is 0. The number of unbranched alkanes of at least 4 members (excludes halogenated alkanes) is 11. The average molecular weight is 281 g/mol. The molecule has 2 nitrogen and oxygen atoms in total. The summed E-state index contributed by atoms with van der Waals surface area (Å²) < 4.78 is 21.3. The number of carbonyl (C=O) groups is 1. The fourth-order valence-corrected chi connectivity index (χ4v) is 2.16. The fourth-order valence-electron chi connectivity index (χ4n) is 2.16. The predicted molar refractivity (Wildman–Crippen MR) is 75.3 cm³/mol. The van der Waals surface area contributed by atoms with E-state index in [9.17, 15) is 9.90 Å². The molecule has 0 aromatic heterocycles. The van der Waals surface area contributed by atoms with E-state index >= 15 is 0 Å². The van der Waals surface area contributed by atoms with Gasteiger partial charge in [0, 0.05) is 10.1 Å². The van der Waals surface area contributed by atoms with Crippen molar-refractivity contribution in [3.05, 3.63) is 0 Å². The number of rotatable bonds is 14. The zero-order valence-electron chi connectivity index (χ0n) is 15.7. The zero-order valence-corrected chi connectivity index (χ0v) is 14.7. The molecular formula is C16H31NaO2. The molecule has 108 valence electrons. The third kappa shape index (κ3) is 20.9. The van der Waals surface area contributed by atoms with Gasteiger partial charge in [0.15, 0.2) is 0 Å². The molecule has 0 heterocycles. The van der Waals surface area contributed by atoms with E-state index in [0.717, 1.165) is 38.5 Å². The molecule has 19 heavy (non-hydrogen) atoms. The Morgan fingerprint density at radius 1 is 0.789 bits per heavy atom. The second-order valence-corrected chi connectivity index (χ2v) is 5.11. The Balaban J connectivity index is 0. The maximum absolute atomic E-state index is 10.2. The Hall–Kier alpha value is 0.470. The summed E-state index contributed by atoms with van der Waals surface area (Å²) in [5.74, 6) is -0.936. The van der Waals surface area contributed by atoms with Crippen LogP contribution in [0.5, 0.6) is 0 Å². The van der Waals surface area contributed by atoms with Gasteiger partial charge in [-0.25, -0.2) is 0 Å². The van der Waals surface area contributed by atoms with Gasteiger partial charge in [0.1, 0.15) is 0 Å². The Kier molecular flexibility index (Phi) is 15.4. The third-order valence-corrected chi connectivity index (χ3v) is 3.31. The van der Waals surface area contributed by atoms with Gasteiger partial charge in [-0.1, -0.05) is 83.9 Å². The summed E-state index contributed by atoms with van der Waals surface area (Å²) >= 11 is 0. The molecule has 0 saturated carbocycles. The molecule has 0 N–H and O–H groups in total. The molecule has 0 aliphatic carbocycles. The van der Waals surface area contributed by atoms with Crippen molar-refractivity contribution in [3.63, 3.8) is 0 Å². The summed E-state index contributed by atoms with van der Waals surface area (Å²) in [7, 11) is 0. The van der Waals surface area contributed by atoms with Gasteiger partial charge in [-0.3, -0.25) is 0 Å². The molecule has 0 saturated heterocycles. The molecule has 0 fully saturated rings. The second-order valence-electron chi connectivity index (χ2n) is 5.11. The Morgan fingerprint density at radius 2 is 1.16 bits per heavy atom. The van der Waals surface area contributed by atoms with Crippen LogP contribution in [0.25, 0.3) is 0 Å². The van der Waals surface area contributed by atoms with Gasteiger partial charge < -0.3 is 9.90 Å². The van der Waals surface area contributed by atoms with Crippen LogP contribution in [0.3, 0.4) is 0 Å². The first-order chi connectivity index (χ1) is 9.92. The number of carboxylic acid groups (broad SMARTS) is 1. The van der Waals surface area contributed by atoms with Crippen molar-refractivity contribution in [1.29, 1.82) is 0 Å². The zero-order chi connectivity index (χ0) is 16.0. The van der Waals surface area contributed by atoms with Crippen LogP contribution in [0.1, 0.15) is 101 Å². The number of hydrogen-bond donors (Lipinski definition) is 0. The van der Waals surface area contributed by atoms with E-state index < -0.39 is 12.8 Å². The molecule has 0 amide bonds. The normalized spacial score (nSPS) is 13.2. The van der Waals surface area contributed by atoms with Gasteiger partial charge in [0.2, 0.25) is 0 Å². The van der Waals surface area contributed by atoms with Crippen LogP contribution in [-0.2, 0) is 4.79 Å². The quantitative estimate of drug-likeness (QED) is 0.355. The molecule has 0 aliphatic rings. The number of carbonyl (C=O) groups excluding carboxylic acids is 1. The first-order valence-electron chi connectivity index (χ1n) is 9.12. The van der Waals surface area contributed by atoms with Gasteiger partial charge in [-0.15, -0.1) is 0 Å². The first kappa shape index (κ1) is 15.9. The van der Waals surface area contributed by atoms with Crippen LogP contribution in [0, 0.1) is 0 Å². The van der Waals surface area contributed by atoms with Crippen molar-refractivity contribution < 1.29 is 43.6 Å². The topological polar surface area (TPSA) is 40.1 Å². The van der Waals surface area contributed by atoms with Crippen LogP contribution in [0.4, 0.5) is 0 Å². The number of hydrogen-bond acceptors (Lipinski definition) is 2. The predicted octanol–water partition coefficient (Wildman–Crippen LogP) is 1.22. The van der Waals surface area contributed by atoms with Crippen molar-refractivity contribution in [1.82, 2.24) is 0 Å². The molecule has 0 aromatic carbocycles. The molecule has 0 aliphatic heterocycles. The Bertz CT molecular complexity index is 258. The van der Waals surface area contributed by atoms with Crippen LogP contribution in [0.2, 0.25) is 0 Å². The number of carboxylic acids is 1. The SMILES string of the molecule is [2H]C([2H])([2H])CCCCCCCCCCCCCCC(=O)[O-].[Na+]. The maximum Gasteiger partial charge on any atom is 1.00 e. The Morgan fingerprint density at radius 3 is 1.53 bits per heavy atom. The van der Waals surface area contributed by atoms with E-state index in [2.05, 4.69) is 0 Å². The fraction of sp³-hybridized carbons (Fsp3) is 0.938. The third-order valence-electron chi connectivity index (χ3n) is 3.31. The molecule has 0 unspecified atom stereocenters. The molecular weight excluding hydrogens is 247 g/mol. The van der Waals surface area contributed by atoms with Gasteiger partial charge in [-0.05, 0) is 12.8 Å². The Labute approximate surface area is 146 Å². The minimum atomic E-state index is -1.75. The average Bonchev–Trinajstić information content (AvgIpc) is 2.37. The van der Waals surface area contributed by atoms with Gasteiger partial charge in [0.05, 0.1) is 0 Å². The van der Waals surface area contributed by atoms with Crippen LogP contribution >= 0.6 is 0 Å². The monoisotopic (exact) mass is 281 g/mol. The summed E-state index contributed by atoms with van der Waals surface area (Å²) in [6.45, 7) is -1.75. The van der Waals surface area contributed by atoms with Crippen LogP contribution in [-0.4, -0.2) is 5.97 Å². The smallest absolute Gasteiger partial charge is 0.550 e. The van der Waals surface area contributed by atoms with Crippen molar-refractivity contribution >= 4 is 5.97 Å². The van der Waals surface area contributed by atoms with E-state index in [-0.39, 0.29) is 36.0 Å². The summed E-state index contributed by atoms with van der Waals surface area (Å²) in [5.41, 5.74) is 0. The summed E-state index contributed by atoms with van der Waals surface area (Å²) in [5, 5.41) is 10.2. The molecule has 0 aromatic rings. The van der Waals surface area contributed by atoms with E-state index in [1.807, 2.05) is 0 Å². The molecule has 0 atom stereocenters. The van der Waals surface area contributed by atoms with Crippen LogP contribution in [0.15, 0.2) is 0 Å².